The molecule has 1 atom stereocenters. The lowest BCUT2D eigenvalue weighted by molar-refractivity contribution is -0.397. The minimum Gasteiger partial charge on any atom is -0.323 e. The van der Waals surface area contributed by atoms with Gasteiger partial charge in [0.1, 0.15) is 0 Å². The fourth-order valence-electron chi connectivity index (χ4n) is 1.95. The molecule has 1 unspecified atom stereocenters. The van der Waals surface area contributed by atoms with Crippen LogP contribution in [0.3, 0.4) is 0 Å². The van der Waals surface area contributed by atoms with E-state index in [9.17, 15) is 69.9 Å². The van der Waals surface area contributed by atoms with Gasteiger partial charge >= 0.3 is 45.2 Å². The average molecular weight is 547 g/mol. The third-order valence-corrected chi connectivity index (χ3v) is 4.61. The van der Waals surface area contributed by atoms with Gasteiger partial charge in [-0.25, -0.2) is 4.39 Å². The maximum Gasteiger partial charge on any atom is 0.438 e. The molecule has 4 nitrogen and oxygen atoms in total. The van der Waals surface area contributed by atoms with Crippen LogP contribution in [0.4, 0.5) is 61.5 Å². The van der Waals surface area contributed by atoms with Gasteiger partial charge in [0, 0.05) is 6.42 Å². The van der Waals surface area contributed by atoms with E-state index in [1.54, 1.807) is 0 Å². The topological polar surface area (TPSA) is 66.4 Å². The van der Waals surface area contributed by atoms with Gasteiger partial charge in [0.2, 0.25) is 0 Å². The molecule has 0 fully saturated rings. The lowest BCUT2D eigenvalue weighted by atomic mass is 9.93. The average Bonchev–Trinajstić information content (AvgIpc) is 2.59. The predicted molar refractivity (Wildman–Crippen MR) is 85.3 cm³/mol. The van der Waals surface area contributed by atoms with Gasteiger partial charge in [-0.15, -0.1) is 0 Å². The molecule has 19 heteroatoms. The molecule has 0 aliphatic carbocycles. The summed E-state index contributed by atoms with van der Waals surface area (Å²) in [6.45, 7) is 0. The van der Waals surface area contributed by atoms with Crippen LogP contribution in [0, 0.1) is 0 Å². The first kappa shape index (κ1) is 34.1. The molecule has 0 aromatic heterocycles. The van der Waals surface area contributed by atoms with Gasteiger partial charge in [-0.3, -0.25) is 4.55 Å². The number of rotatable bonds is 11. The van der Waals surface area contributed by atoms with Crippen molar-refractivity contribution in [3.05, 3.63) is 0 Å². The Kier molecular flexibility index (Phi) is 11.4. The second-order valence-corrected chi connectivity index (χ2v) is 7.98. The fourth-order valence-corrected chi connectivity index (χ4v) is 2.41. The van der Waals surface area contributed by atoms with E-state index in [0.29, 0.717) is 0 Å². The summed E-state index contributed by atoms with van der Waals surface area (Å²) in [4.78, 5) is 0. The van der Waals surface area contributed by atoms with Crippen molar-refractivity contribution in [3.63, 3.8) is 0 Å². The third-order valence-electron chi connectivity index (χ3n) is 3.71. The number of unbranched alkanes of at least 4 members (excludes halogenated alkanes) is 2. The zero-order chi connectivity index (χ0) is 27.3. The van der Waals surface area contributed by atoms with Gasteiger partial charge in [-0.2, -0.15) is 65.5 Å². The SMILES string of the molecule is CNC.O=S(=O)(O)C(F)(F)C(F)(F)C(F)(F)C(F)(F)C(F)(F)C(F)CCCCCC(F)(F)F. The Balaban J connectivity index is 0. The first-order valence-corrected chi connectivity index (χ1v) is 9.89. The minimum absolute atomic E-state index is 0.727. The van der Waals surface area contributed by atoms with Crippen molar-refractivity contribution in [2.24, 2.45) is 0 Å². The molecule has 0 saturated heterocycles. The summed E-state index contributed by atoms with van der Waals surface area (Å²) in [7, 11) is -3.78. The smallest absolute Gasteiger partial charge is 0.323 e. The second-order valence-electron chi connectivity index (χ2n) is 6.52. The number of hydrogen-bond donors (Lipinski definition) is 2. The van der Waals surface area contributed by atoms with E-state index in [4.69, 9.17) is 4.55 Å². The van der Waals surface area contributed by atoms with Crippen molar-refractivity contribution < 1.29 is 74.4 Å². The summed E-state index contributed by atoms with van der Waals surface area (Å²) in [5.41, 5.74) is 0. The van der Waals surface area contributed by atoms with Crippen molar-refractivity contribution in [1.82, 2.24) is 5.32 Å². The van der Waals surface area contributed by atoms with Crippen LogP contribution in [0.25, 0.3) is 0 Å². The number of halogens is 14. The van der Waals surface area contributed by atoms with Crippen LogP contribution in [0.2, 0.25) is 0 Å². The highest BCUT2D eigenvalue weighted by molar-refractivity contribution is 7.87. The van der Waals surface area contributed by atoms with Crippen molar-refractivity contribution in [1.29, 1.82) is 0 Å². The lowest BCUT2D eigenvalue weighted by Crippen LogP contribution is -2.70. The molecule has 33 heavy (non-hydrogen) atoms. The zero-order valence-corrected chi connectivity index (χ0v) is 17.4. The van der Waals surface area contributed by atoms with Crippen LogP contribution in [-0.2, 0) is 10.1 Å². The van der Waals surface area contributed by atoms with Crippen LogP contribution in [-0.4, -0.2) is 68.4 Å². The highest BCUT2D eigenvalue weighted by Crippen LogP contribution is 2.59. The lowest BCUT2D eigenvalue weighted by Gasteiger charge is -2.39. The Labute approximate surface area is 178 Å². The third kappa shape index (κ3) is 7.43. The molecule has 0 rings (SSSR count). The Morgan fingerprint density at radius 2 is 1.12 bits per heavy atom. The zero-order valence-electron chi connectivity index (χ0n) is 16.6. The molecule has 0 radical (unpaired) electrons. The molecule has 0 bridgehead atoms. The van der Waals surface area contributed by atoms with Crippen LogP contribution < -0.4 is 5.32 Å². The number of alkyl halides is 14. The monoisotopic (exact) mass is 547 g/mol. The molecule has 0 aliphatic heterocycles. The van der Waals surface area contributed by atoms with E-state index in [1.807, 2.05) is 14.1 Å². The Morgan fingerprint density at radius 3 is 1.45 bits per heavy atom. The maximum atomic E-state index is 13.4. The summed E-state index contributed by atoms with van der Waals surface area (Å²) in [6, 6.07) is 0. The van der Waals surface area contributed by atoms with E-state index in [1.165, 1.54) is 0 Å². The quantitative estimate of drug-likeness (QED) is 0.198. The van der Waals surface area contributed by atoms with Gasteiger partial charge in [0.15, 0.2) is 6.17 Å². The molecule has 0 saturated carbocycles. The first-order chi connectivity index (χ1) is 14.3. The van der Waals surface area contributed by atoms with Crippen molar-refractivity contribution in [2.45, 2.75) is 73.4 Å². The summed E-state index contributed by atoms with van der Waals surface area (Å²) >= 11 is 0. The summed E-state index contributed by atoms with van der Waals surface area (Å²) < 4.78 is 209. The van der Waals surface area contributed by atoms with Gasteiger partial charge in [0.05, 0.1) is 0 Å². The van der Waals surface area contributed by atoms with E-state index >= 15 is 0 Å². The van der Waals surface area contributed by atoms with Crippen molar-refractivity contribution >= 4 is 10.1 Å². The molecule has 202 valence electrons. The van der Waals surface area contributed by atoms with E-state index < -0.39 is 83.5 Å². The number of nitrogens with one attached hydrogen (secondary N) is 1. The minimum atomic E-state index is -7.91. The van der Waals surface area contributed by atoms with E-state index in [0.717, 1.165) is 0 Å². The van der Waals surface area contributed by atoms with Gasteiger partial charge < -0.3 is 5.32 Å². The summed E-state index contributed by atoms with van der Waals surface area (Å²) in [6.07, 6.45) is -15.0. The molecule has 0 aromatic carbocycles. The standard InChI is InChI=1S/C12H12F14O3S.C2H7N/c13-6(4-2-1-3-5-7(14,15)16)8(17,18)9(19,20)10(21,22)11(23,24)12(25,26)30(27,28)29;1-3-2/h6H,1-5H2,(H,27,28,29);3H,1-2H3. The van der Waals surface area contributed by atoms with Crippen LogP contribution in [0.1, 0.15) is 32.1 Å². The highest BCUT2D eigenvalue weighted by Gasteiger charge is 2.89. The van der Waals surface area contributed by atoms with Gasteiger partial charge in [-0.05, 0) is 26.9 Å². The van der Waals surface area contributed by atoms with Crippen molar-refractivity contribution in [3.8, 4) is 0 Å². The molecular formula is C14H19F14NO3S. The van der Waals surface area contributed by atoms with E-state index in [2.05, 4.69) is 5.32 Å². The summed E-state index contributed by atoms with van der Waals surface area (Å²) in [5, 5.41) is -4.63. The molecule has 0 amide bonds. The molecule has 0 aliphatic rings. The van der Waals surface area contributed by atoms with Crippen LogP contribution in [0.15, 0.2) is 0 Å². The molecule has 2 N–H and O–H groups in total. The Hall–Kier alpha value is -1.11. The van der Waals surface area contributed by atoms with Crippen molar-refractivity contribution in [2.75, 3.05) is 14.1 Å². The Morgan fingerprint density at radius 1 is 0.727 bits per heavy atom. The molecular weight excluding hydrogens is 528 g/mol. The maximum absolute atomic E-state index is 13.4. The summed E-state index contributed by atoms with van der Waals surface area (Å²) in [5.74, 6) is -30.2. The fraction of sp³-hybridized carbons (Fsp3) is 1.00. The predicted octanol–water partition coefficient (Wildman–Crippen LogP) is 5.69. The normalized spacial score (nSPS) is 15.7. The van der Waals surface area contributed by atoms with Crippen LogP contribution in [0.5, 0.6) is 0 Å². The largest absolute Gasteiger partial charge is 0.438 e. The molecule has 0 spiro atoms. The first-order valence-electron chi connectivity index (χ1n) is 8.45. The molecule has 0 aromatic rings. The van der Waals surface area contributed by atoms with Crippen LogP contribution >= 0.6 is 0 Å². The highest BCUT2D eigenvalue weighted by atomic mass is 32.2. The molecule has 0 heterocycles. The van der Waals surface area contributed by atoms with E-state index in [-0.39, 0.29) is 0 Å². The Bertz CT molecular complexity index is 708. The van der Waals surface area contributed by atoms with Gasteiger partial charge in [-0.1, -0.05) is 12.8 Å². The number of hydrogen-bond acceptors (Lipinski definition) is 3. The van der Waals surface area contributed by atoms with Gasteiger partial charge in [0.25, 0.3) is 0 Å². The second kappa shape index (κ2) is 11.1.